The lowest BCUT2D eigenvalue weighted by Gasteiger charge is -2.22. The first-order chi connectivity index (χ1) is 11.9. The molecule has 2 amide bonds. The van der Waals surface area contributed by atoms with Gasteiger partial charge >= 0.3 is 0 Å². The van der Waals surface area contributed by atoms with Crippen LogP contribution in [0.2, 0.25) is 0 Å². The van der Waals surface area contributed by atoms with Gasteiger partial charge in [-0.25, -0.2) is 4.39 Å². The molecule has 132 valence electrons. The van der Waals surface area contributed by atoms with Gasteiger partial charge in [0.25, 0.3) is 5.91 Å². The Morgan fingerprint density at radius 2 is 1.80 bits per heavy atom. The van der Waals surface area contributed by atoms with Crippen LogP contribution in [0.4, 0.5) is 10.1 Å². The number of halogens is 1. The minimum Gasteiger partial charge on any atom is -0.340 e. The van der Waals surface area contributed by atoms with E-state index in [2.05, 4.69) is 10.6 Å². The average molecular weight is 360 g/mol. The molecule has 0 saturated heterocycles. The van der Waals surface area contributed by atoms with Crippen LogP contribution >= 0.6 is 11.8 Å². The fraction of sp³-hybridized carbons (Fsp3) is 0.263. The highest BCUT2D eigenvalue weighted by Crippen LogP contribution is 2.19. The van der Waals surface area contributed by atoms with E-state index >= 15 is 0 Å². The second kappa shape index (κ2) is 8.67. The summed E-state index contributed by atoms with van der Waals surface area (Å²) in [5.74, 6) is -1.71. The molecule has 0 aromatic heterocycles. The van der Waals surface area contributed by atoms with Crippen LogP contribution in [0.25, 0.3) is 0 Å². The first-order valence-electron chi connectivity index (χ1n) is 7.92. The molecule has 2 rings (SSSR count). The van der Waals surface area contributed by atoms with E-state index in [-0.39, 0.29) is 17.4 Å². The van der Waals surface area contributed by atoms with Crippen molar-refractivity contribution in [2.45, 2.75) is 24.8 Å². The standard InChI is InChI=1S/C19H21FN2O2S/c1-12(2)17(22-18(23)15-9-4-5-10-16(15)20)19(24)21-13-7-6-8-14(11-13)25-3/h4-12,17H,1-3H3,(H,21,24)(H,22,23). The second-order valence-electron chi connectivity index (χ2n) is 5.90. The molecule has 0 heterocycles. The number of nitrogens with one attached hydrogen (secondary N) is 2. The minimum atomic E-state index is -0.773. The largest absolute Gasteiger partial charge is 0.340 e. The third-order valence-corrected chi connectivity index (χ3v) is 4.42. The molecule has 1 atom stereocenters. The Hall–Kier alpha value is -2.34. The number of carbonyl (C=O) groups is 2. The van der Waals surface area contributed by atoms with E-state index in [1.807, 2.05) is 38.3 Å². The molecule has 2 aromatic carbocycles. The van der Waals surface area contributed by atoms with Crippen molar-refractivity contribution in [2.24, 2.45) is 5.92 Å². The molecule has 6 heteroatoms. The Bertz CT molecular complexity index is 765. The summed E-state index contributed by atoms with van der Waals surface area (Å²) >= 11 is 1.57. The number of benzene rings is 2. The molecule has 0 aliphatic heterocycles. The lowest BCUT2D eigenvalue weighted by atomic mass is 10.0. The van der Waals surface area contributed by atoms with Crippen LogP contribution in [0.3, 0.4) is 0 Å². The Labute approximate surface area is 151 Å². The topological polar surface area (TPSA) is 58.2 Å². The van der Waals surface area contributed by atoms with E-state index in [9.17, 15) is 14.0 Å². The number of hydrogen-bond donors (Lipinski definition) is 2. The Morgan fingerprint density at radius 3 is 2.44 bits per heavy atom. The highest BCUT2D eigenvalue weighted by molar-refractivity contribution is 7.98. The van der Waals surface area contributed by atoms with Gasteiger partial charge in [-0.05, 0) is 42.5 Å². The Balaban J connectivity index is 2.13. The molecule has 2 N–H and O–H groups in total. The molecule has 0 fully saturated rings. The highest BCUT2D eigenvalue weighted by atomic mass is 32.2. The molecular weight excluding hydrogens is 339 g/mol. The third-order valence-electron chi connectivity index (χ3n) is 3.69. The Kier molecular flexibility index (Phi) is 6.58. The van der Waals surface area contributed by atoms with E-state index in [4.69, 9.17) is 0 Å². The summed E-state index contributed by atoms with van der Waals surface area (Å²) in [5, 5.41) is 5.43. The number of anilines is 1. The van der Waals surface area contributed by atoms with Crippen LogP contribution < -0.4 is 10.6 Å². The Morgan fingerprint density at radius 1 is 1.08 bits per heavy atom. The van der Waals surface area contributed by atoms with Crippen LogP contribution in [0.5, 0.6) is 0 Å². The van der Waals surface area contributed by atoms with Crippen LogP contribution in [0.15, 0.2) is 53.4 Å². The van der Waals surface area contributed by atoms with Gasteiger partial charge in [-0.3, -0.25) is 9.59 Å². The molecule has 1 unspecified atom stereocenters. The normalized spacial score (nSPS) is 11.9. The monoisotopic (exact) mass is 360 g/mol. The summed E-state index contributed by atoms with van der Waals surface area (Å²) in [6.45, 7) is 3.65. The van der Waals surface area contributed by atoms with E-state index in [0.717, 1.165) is 4.90 Å². The predicted molar refractivity (Wildman–Crippen MR) is 99.3 cm³/mol. The van der Waals surface area contributed by atoms with Crippen molar-refractivity contribution in [3.8, 4) is 0 Å². The van der Waals surface area contributed by atoms with Crippen LogP contribution in [0.1, 0.15) is 24.2 Å². The van der Waals surface area contributed by atoms with Crippen LogP contribution in [-0.2, 0) is 4.79 Å². The summed E-state index contributed by atoms with van der Waals surface area (Å²) in [7, 11) is 0. The van der Waals surface area contributed by atoms with Gasteiger partial charge in [0.05, 0.1) is 5.56 Å². The van der Waals surface area contributed by atoms with Crippen molar-refractivity contribution in [3.05, 3.63) is 59.9 Å². The zero-order chi connectivity index (χ0) is 18.4. The first-order valence-corrected chi connectivity index (χ1v) is 9.15. The van der Waals surface area contributed by atoms with Crippen molar-refractivity contribution in [3.63, 3.8) is 0 Å². The van der Waals surface area contributed by atoms with E-state index in [1.54, 1.807) is 23.9 Å². The quantitative estimate of drug-likeness (QED) is 0.767. The SMILES string of the molecule is CSc1cccc(NC(=O)C(NC(=O)c2ccccc2F)C(C)C)c1. The number of thioether (sulfide) groups is 1. The molecule has 4 nitrogen and oxygen atoms in total. The maximum absolute atomic E-state index is 13.8. The molecule has 0 aliphatic carbocycles. The van der Waals surface area contributed by atoms with Gasteiger partial charge in [0, 0.05) is 10.6 Å². The van der Waals surface area contributed by atoms with Gasteiger partial charge in [0.2, 0.25) is 5.91 Å². The van der Waals surface area contributed by atoms with Crippen LogP contribution in [-0.4, -0.2) is 24.1 Å². The van der Waals surface area contributed by atoms with Crippen molar-refractivity contribution < 1.29 is 14.0 Å². The zero-order valence-electron chi connectivity index (χ0n) is 14.4. The molecule has 2 aromatic rings. The summed E-state index contributed by atoms with van der Waals surface area (Å²) < 4.78 is 13.8. The van der Waals surface area contributed by atoms with E-state index in [0.29, 0.717) is 5.69 Å². The fourth-order valence-corrected chi connectivity index (χ4v) is 2.78. The number of hydrogen-bond acceptors (Lipinski definition) is 3. The zero-order valence-corrected chi connectivity index (χ0v) is 15.2. The minimum absolute atomic E-state index is 0.0784. The number of rotatable bonds is 6. The lowest BCUT2D eigenvalue weighted by Crippen LogP contribution is -2.47. The van der Waals surface area contributed by atoms with Crippen molar-refractivity contribution in [1.82, 2.24) is 5.32 Å². The number of amides is 2. The smallest absolute Gasteiger partial charge is 0.254 e. The van der Waals surface area contributed by atoms with Crippen molar-refractivity contribution in [1.29, 1.82) is 0 Å². The second-order valence-corrected chi connectivity index (χ2v) is 6.78. The van der Waals surface area contributed by atoms with Crippen LogP contribution in [0, 0.1) is 11.7 Å². The average Bonchev–Trinajstić information content (AvgIpc) is 2.59. The molecule has 0 aliphatic rings. The molecule has 0 bridgehead atoms. The summed E-state index contributed by atoms with van der Waals surface area (Å²) in [4.78, 5) is 25.9. The summed E-state index contributed by atoms with van der Waals surface area (Å²) in [6.07, 6.45) is 1.95. The van der Waals surface area contributed by atoms with Crippen molar-refractivity contribution in [2.75, 3.05) is 11.6 Å². The van der Waals surface area contributed by atoms with Gasteiger partial charge in [0.1, 0.15) is 11.9 Å². The van der Waals surface area contributed by atoms with Crippen molar-refractivity contribution >= 4 is 29.3 Å². The molecular formula is C19H21FN2O2S. The van der Waals surface area contributed by atoms with E-state index < -0.39 is 17.8 Å². The molecule has 0 spiro atoms. The summed E-state index contributed by atoms with van der Waals surface area (Å²) in [6, 6.07) is 12.4. The third kappa shape index (κ3) is 5.06. The number of carbonyl (C=O) groups excluding carboxylic acids is 2. The van der Waals surface area contributed by atoms with Gasteiger partial charge in [-0.1, -0.05) is 32.0 Å². The maximum atomic E-state index is 13.8. The predicted octanol–water partition coefficient (Wildman–Crippen LogP) is 3.94. The summed E-state index contributed by atoms with van der Waals surface area (Å²) in [5.41, 5.74) is 0.577. The molecule has 0 saturated carbocycles. The molecule has 25 heavy (non-hydrogen) atoms. The molecule has 0 radical (unpaired) electrons. The van der Waals surface area contributed by atoms with Gasteiger partial charge < -0.3 is 10.6 Å². The van der Waals surface area contributed by atoms with Gasteiger partial charge in [-0.15, -0.1) is 11.8 Å². The van der Waals surface area contributed by atoms with Gasteiger partial charge in [-0.2, -0.15) is 0 Å². The maximum Gasteiger partial charge on any atom is 0.254 e. The highest BCUT2D eigenvalue weighted by Gasteiger charge is 2.25. The first kappa shape index (κ1) is 19.0. The fourth-order valence-electron chi connectivity index (χ4n) is 2.32. The van der Waals surface area contributed by atoms with E-state index in [1.165, 1.54) is 18.2 Å². The van der Waals surface area contributed by atoms with Gasteiger partial charge in [0.15, 0.2) is 0 Å². The lowest BCUT2D eigenvalue weighted by molar-refractivity contribution is -0.118.